The number of nitrogens with one attached hydrogen (secondary N) is 1. The number of carbonyl (C=O) groups excluding carboxylic acids is 5. The molecule has 4 aromatic carbocycles. The zero-order chi connectivity index (χ0) is 46.3. The van der Waals surface area contributed by atoms with Gasteiger partial charge in [0.05, 0.1) is 18.0 Å². The highest BCUT2D eigenvalue weighted by atomic mass is 35.5. The fourth-order valence-electron chi connectivity index (χ4n) is 7.94. The topological polar surface area (TPSA) is 221 Å². The second-order valence-electron chi connectivity index (χ2n) is 16.4. The molecule has 0 saturated carbocycles. The fourth-order valence-corrected chi connectivity index (χ4v) is 8.07. The van der Waals surface area contributed by atoms with Gasteiger partial charge in [-0.25, -0.2) is 0 Å². The number of amides is 2. The van der Waals surface area contributed by atoms with E-state index in [0.29, 0.717) is 70.1 Å². The lowest BCUT2D eigenvalue weighted by atomic mass is 9.87. The zero-order valence-corrected chi connectivity index (χ0v) is 37.6. The summed E-state index contributed by atoms with van der Waals surface area (Å²) in [7, 11) is 1.54. The molecule has 4 bridgehead atoms. The Morgan fingerprint density at radius 3 is 2.05 bits per heavy atom. The number of hydrogen-bond acceptors (Lipinski definition) is 11. The van der Waals surface area contributed by atoms with Gasteiger partial charge in [-0.1, -0.05) is 73.5 Å². The molecular formula is C50H59ClN6O7. The van der Waals surface area contributed by atoms with Crippen LogP contribution in [-0.2, 0) is 25.6 Å². The average Bonchev–Trinajstić information content (AvgIpc) is 3.29. The van der Waals surface area contributed by atoms with E-state index in [4.69, 9.17) is 38.3 Å². The van der Waals surface area contributed by atoms with E-state index in [0.717, 1.165) is 11.1 Å². The Balaban J connectivity index is 1.59. The van der Waals surface area contributed by atoms with Gasteiger partial charge in [-0.2, -0.15) is 5.26 Å². The highest BCUT2D eigenvalue weighted by Crippen LogP contribution is 2.41. The summed E-state index contributed by atoms with van der Waals surface area (Å²) in [5, 5.41) is 13.0. The lowest BCUT2D eigenvalue weighted by Gasteiger charge is -2.32. The van der Waals surface area contributed by atoms with E-state index in [2.05, 4.69) is 11.4 Å². The molecule has 1 aliphatic heterocycles. The van der Waals surface area contributed by atoms with Crippen LogP contribution in [0.1, 0.15) is 79.9 Å². The minimum atomic E-state index is -1.20. The number of Topliss-reactive ketones (excluding diaryl/α,β-unsaturated/α-hetero) is 3. The Morgan fingerprint density at radius 2 is 1.44 bits per heavy atom. The highest BCUT2D eigenvalue weighted by Gasteiger charge is 2.36. The van der Waals surface area contributed by atoms with E-state index in [1.807, 2.05) is 30.3 Å². The highest BCUT2D eigenvalue weighted by molar-refractivity contribution is 6.30. The number of nitrogens with two attached hydrogens (primary N) is 3. The standard InChI is InChI=1S/C50H59ClN6O7/c1-31(30-55)24-44(59)42-27-33-7-17-46(63-22-20-53)40(26-33)41-28-37(14-18-47(41)64-23-21-54)48(45(60)25-32(2)49(61)56-42)57(3)50(62)38(6-4-5-19-52)29-43(58)36-10-8-34(9-11-36)35-12-15-39(51)16-13-35/h7-18,26,28,31-32,38,42,48H,4-6,19-25,27,29,52-54H2,1-3H3,(H,56,61)/t31-,32-,38-,42+,48+/m1/s1. The second-order valence-corrected chi connectivity index (χ2v) is 16.9. The number of hydrogen-bond donors (Lipinski definition) is 4. The zero-order valence-electron chi connectivity index (χ0n) is 36.8. The van der Waals surface area contributed by atoms with Crippen LogP contribution in [0.2, 0.25) is 5.02 Å². The van der Waals surface area contributed by atoms with Crippen LogP contribution in [0.4, 0.5) is 0 Å². The Morgan fingerprint density at radius 1 is 0.828 bits per heavy atom. The first-order valence-corrected chi connectivity index (χ1v) is 22.2. The van der Waals surface area contributed by atoms with Crippen LogP contribution in [-0.4, -0.2) is 80.0 Å². The number of halogens is 1. The van der Waals surface area contributed by atoms with Crippen molar-refractivity contribution in [3.8, 4) is 39.8 Å². The third-order valence-electron chi connectivity index (χ3n) is 11.4. The number of ether oxygens (including phenoxy) is 2. The second kappa shape index (κ2) is 23.7. The quantitative estimate of drug-likeness (QED) is 0.0579. The van der Waals surface area contributed by atoms with Crippen molar-refractivity contribution in [1.82, 2.24) is 10.2 Å². The molecule has 0 fully saturated rings. The van der Waals surface area contributed by atoms with Crippen LogP contribution in [0, 0.1) is 29.1 Å². The molecular weight excluding hydrogens is 832 g/mol. The Hall–Kier alpha value is -5.91. The molecule has 1 heterocycles. The molecule has 0 aromatic heterocycles. The number of nitrogens with zero attached hydrogens (tertiary/aromatic N) is 2. The average molecular weight is 892 g/mol. The first kappa shape index (κ1) is 49.1. The molecule has 0 radical (unpaired) electrons. The van der Waals surface area contributed by atoms with Crippen LogP contribution >= 0.6 is 11.6 Å². The minimum Gasteiger partial charge on any atom is -0.492 e. The maximum atomic E-state index is 14.9. The molecule has 0 spiro atoms. The first-order valence-electron chi connectivity index (χ1n) is 21.8. The Bertz CT molecular complexity index is 2310. The van der Waals surface area contributed by atoms with E-state index in [-0.39, 0.29) is 63.6 Å². The van der Waals surface area contributed by atoms with Crippen molar-refractivity contribution >= 4 is 40.8 Å². The number of benzene rings is 4. The number of nitriles is 1. The van der Waals surface area contributed by atoms with Gasteiger partial charge in [-0.05, 0) is 91.4 Å². The van der Waals surface area contributed by atoms with Gasteiger partial charge in [0.1, 0.15) is 30.8 Å². The maximum absolute atomic E-state index is 14.9. The number of ketones is 3. The minimum absolute atomic E-state index is 0.0862. The molecule has 7 N–H and O–H groups in total. The van der Waals surface area contributed by atoms with Crippen molar-refractivity contribution in [2.24, 2.45) is 35.0 Å². The smallest absolute Gasteiger partial charge is 0.226 e. The predicted molar refractivity (Wildman–Crippen MR) is 248 cm³/mol. The summed E-state index contributed by atoms with van der Waals surface area (Å²) in [5.74, 6) is -3.36. The lowest BCUT2D eigenvalue weighted by Crippen LogP contribution is -2.46. The van der Waals surface area contributed by atoms with Gasteiger partial charge in [0, 0.05) is 72.9 Å². The van der Waals surface area contributed by atoms with Crippen molar-refractivity contribution in [3.63, 3.8) is 0 Å². The van der Waals surface area contributed by atoms with Crippen molar-refractivity contribution in [2.45, 2.75) is 70.9 Å². The number of unbranched alkanes of at least 4 members (excludes halogenated alkanes) is 1. The van der Waals surface area contributed by atoms with Crippen LogP contribution in [0.15, 0.2) is 84.9 Å². The summed E-state index contributed by atoms with van der Waals surface area (Å²) < 4.78 is 12.3. The molecule has 0 aliphatic carbocycles. The summed E-state index contributed by atoms with van der Waals surface area (Å²) in [6.07, 6.45) is 1.18. The SMILES string of the molecule is C[C@@H]1CC(=O)[C@@H](N(C)C(=O)[C@H](CCCCN)CC(=O)c2ccc(-c3ccc(Cl)cc3)cc2)c2ccc(OCCN)c(c2)-c2cc(ccc2OCCN)C[C@@H](C(=O)C[C@@H](C)C#N)NC1=O. The van der Waals surface area contributed by atoms with Crippen molar-refractivity contribution in [1.29, 1.82) is 5.26 Å². The van der Waals surface area contributed by atoms with E-state index in [1.165, 1.54) is 4.90 Å². The summed E-state index contributed by atoms with van der Waals surface area (Å²) >= 11 is 6.08. The third-order valence-corrected chi connectivity index (χ3v) is 11.7. The van der Waals surface area contributed by atoms with E-state index >= 15 is 0 Å². The predicted octanol–water partition coefficient (Wildman–Crippen LogP) is 6.62. The van der Waals surface area contributed by atoms with E-state index in [9.17, 15) is 29.2 Å². The molecule has 1 aliphatic rings. The monoisotopic (exact) mass is 890 g/mol. The number of fused-ring (bicyclic) bond motifs is 5. The van der Waals surface area contributed by atoms with Crippen molar-refractivity contribution < 1.29 is 33.4 Å². The molecule has 64 heavy (non-hydrogen) atoms. The van der Waals surface area contributed by atoms with Gasteiger partial charge in [0.15, 0.2) is 17.3 Å². The largest absolute Gasteiger partial charge is 0.492 e. The van der Waals surface area contributed by atoms with Crippen LogP contribution in [0.3, 0.4) is 0 Å². The molecule has 5 rings (SSSR count). The maximum Gasteiger partial charge on any atom is 0.226 e. The van der Waals surface area contributed by atoms with Gasteiger partial charge >= 0.3 is 0 Å². The van der Waals surface area contributed by atoms with Crippen molar-refractivity contribution in [3.05, 3.63) is 107 Å². The summed E-state index contributed by atoms with van der Waals surface area (Å²) in [4.78, 5) is 72.5. The normalized spacial score (nSPS) is 17.2. The van der Waals surface area contributed by atoms with Crippen LogP contribution in [0.5, 0.6) is 11.5 Å². The summed E-state index contributed by atoms with van der Waals surface area (Å²) in [6, 6.07) is 25.0. The van der Waals surface area contributed by atoms with Crippen LogP contribution < -0.4 is 32.0 Å². The van der Waals surface area contributed by atoms with Crippen molar-refractivity contribution in [2.75, 3.05) is 39.9 Å². The van der Waals surface area contributed by atoms with Crippen LogP contribution in [0.25, 0.3) is 22.3 Å². The summed E-state index contributed by atoms with van der Waals surface area (Å²) in [5.41, 5.74) is 22.1. The molecule has 2 amide bonds. The molecule has 0 unspecified atom stereocenters. The summed E-state index contributed by atoms with van der Waals surface area (Å²) in [6.45, 7) is 4.44. The van der Waals surface area contributed by atoms with Gasteiger partial charge < -0.3 is 36.9 Å². The molecule has 4 aromatic rings. The van der Waals surface area contributed by atoms with Gasteiger partial charge in [-0.3, -0.25) is 24.0 Å². The Kier molecular flexibility index (Phi) is 18.2. The lowest BCUT2D eigenvalue weighted by molar-refractivity contribution is -0.142. The fraction of sp³-hybridized carbons (Fsp3) is 0.400. The molecule has 13 nitrogen and oxygen atoms in total. The molecule has 14 heteroatoms. The van der Waals surface area contributed by atoms with E-state index < -0.39 is 47.4 Å². The molecule has 0 saturated heterocycles. The Labute approximate surface area is 380 Å². The molecule has 338 valence electrons. The van der Waals surface area contributed by atoms with Gasteiger partial charge in [0.2, 0.25) is 11.8 Å². The number of rotatable bonds is 19. The molecule has 5 atom stereocenters. The van der Waals surface area contributed by atoms with Gasteiger partial charge in [-0.15, -0.1) is 0 Å². The first-order chi connectivity index (χ1) is 30.8. The van der Waals surface area contributed by atoms with Gasteiger partial charge in [0.25, 0.3) is 0 Å². The van der Waals surface area contributed by atoms with E-state index in [1.54, 1.807) is 75.5 Å². The number of carbonyl (C=O) groups is 5. The number of likely N-dealkylation sites (N-methyl/N-ethyl adjacent to an activating group) is 1. The third kappa shape index (κ3) is 12.9.